The largest absolute Gasteiger partial charge is 0.497 e. The van der Waals surface area contributed by atoms with Gasteiger partial charge >= 0.3 is 0 Å². The van der Waals surface area contributed by atoms with Crippen LogP contribution in [-0.4, -0.2) is 30.9 Å². The Morgan fingerprint density at radius 2 is 1.88 bits per heavy atom. The molecule has 3 N–H and O–H groups in total. The first kappa shape index (κ1) is 22.9. The summed E-state index contributed by atoms with van der Waals surface area (Å²) in [6.45, 7) is 1.94. The maximum atomic E-state index is 13.2. The van der Waals surface area contributed by atoms with E-state index in [2.05, 4.69) is 11.5 Å². The first-order valence-corrected chi connectivity index (χ1v) is 10.9. The van der Waals surface area contributed by atoms with Gasteiger partial charge in [0.15, 0.2) is 5.78 Å². The molecule has 0 fully saturated rings. The van der Waals surface area contributed by atoms with E-state index >= 15 is 0 Å². The van der Waals surface area contributed by atoms with Crippen molar-refractivity contribution in [2.24, 2.45) is 5.73 Å². The number of nitriles is 1. The molecule has 0 saturated heterocycles. The number of ketones is 1. The fourth-order valence-corrected chi connectivity index (χ4v) is 4.45. The van der Waals surface area contributed by atoms with Gasteiger partial charge in [-0.05, 0) is 38.0 Å². The van der Waals surface area contributed by atoms with Gasteiger partial charge in [0.05, 0.1) is 31.8 Å². The number of hydrogen-bond donors (Lipinski definition) is 2. The van der Waals surface area contributed by atoms with Crippen LogP contribution in [-0.2, 0) is 4.79 Å². The van der Waals surface area contributed by atoms with Crippen LogP contribution in [0, 0.1) is 18.3 Å². The molecule has 0 saturated carbocycles. The number of nitrogens with two attached hydrogens (primary N) is 1. The molecule has 1 amide bonds. The van der Waals surface area contributed by atoms with Crippen LogP contribution in [0.4, 0.5) is 0 Å². The van der Waals surface area contributed by atoms with Crippen LogP contribution >= 0.6 is 0 Å². The number of rotatable bonds is 5. The molecule has 4 rings (SSSR count). The summed E-state index contributed by atoms with van der Waals surface area (Å²) in [5.41, 5.74) is 12.6. The minimum Gasteiger partial charge on any atom is -0.497 e. The fourth-order valence-electron chi connectivity index (χ4n) is 4.45. The normalized spacial score (nSPS) is 17.8. The molecule has 0 bridgehead atoms. The Bertz CT molecular complexity index is 1250. The third-order valence-electron chi connectivity index (χ3n) is 6.19. The second-order valence-electron chi connectivity index (χ2n) is 8.23. The number of hydrazine groups is 1. The molecule has 2 aromatic carbocycles. The van der Waals surface area contributed by atoms with Gasteiger partial charge in [-0.2, -0.15) is 5.26 Å². The third kappa shape index (κ3) is 3.97. The number of nitrogens with one attached hydrogen (secondary N) is 1. The lowest BCUT2D eigenvalue weighted by Crippen LogP contribution is -2.48. The summed E-state index contributed by atoms with van der Waals surface area (Å²) in [6, 6.07) is 14.5. The topological polar surface area (TPSA) is 118 Å². The van der Waals surface area contributed by atoms with Gasteiger partial charge in [0, 0.05) is 34.9 Å². The zero-order chi connectivity index (χ0) is 24.4. The molecule has 1 atom stereocenters. The highest BCUT2D eigenvalue weighted by atomic mass is 16.5. The molecule has 0 radical (unpaired) electrons. The molecule has 0 aromatic heterocycles. The Kier molecular flexibility index (Phi) is 6.28. The summed E-state index contributed by atoms with van der Waals surface area (Å²) >= 11 is 0. The molecular weight excluding hydrogens is 432 g/mol. The standard InChI is InChI=1S/C26H26N4O4/c1-15-7-9-16(10-8-15)26(32)29-30-20-5-4-6-21(31)24(20)23(19(14-27)25(30)28)18-12-11-17(33-2)13-22(18)34-3/h7-13,23H,4-6,28H2,1-3H3,(H,29,32). The van der Waals surface area contributed by atoms with E-state index in [1.165, 1.54) is 12.1 Å². The quantitative estimate of drug-likeness (QED) is 0.704. The number of Topliss-reactive ketones (excluding diaryl/α,β-unsaturated/α-hetero) is 1. The monoisotopic (exact) mass is 458 g/mol. The number of aryl methyl sites for hydroxylation is 1. The van der Waals surface area contributed by atoms with E-state index in [-0.39, 0.29) is 23.1 Å². The number of allylic oxidation sites excluding steroid dienone is 3. The van der Waals surface area contributed by atoms with E-state index < -0.39 is 5.92 Å². The Morgan fingerprint density at radius 3 is 2.53 bits per heavy atom. The predicted molar refractivity (Wildman–Crippen MR) is 125 cm³/mol. The van der Waals surface area contributed by atoms with Gasteiger partial charge in [-0.1, -0.05) is 23.8 Å². The Hall–Kier alpha value is -4.25. The van der Waals surface area contributed by atoms with Crippen molar-refractivity contribution in [1.29, 1.82) is 5.26 Å². The van der Waals surface area contributed by atoms with Crippen molar-refractivity contribution in [2.45, 2.75) is 32.1 Å². The number of carbonyl (C=O) groups excluding carboxylic acids is 2. The fraction of sp³-hybridized carbons (Fsp3) is 0.269. The van der Waals surface area contributed by atoms with E-state index in [1.807, 2.05) is 19.1 Å². The number of ether oxygens (including phenoxy) is 2. The summed E-state index contributed by atoms with van der Waals surface area (Å²) in [6.07, 6.45) is 1.51. The summed E-state index contributed by atoms with van der Waals surface area (Å²) in [5.74, 6) is -0.0275. The lowest BCUT2D eigenvalue weighted by molar-refractivity contribution is -0.116. The van der Waals surface area contributed by atoms with Crippen LogP contribution in [0.1, 0.15) is 46.7 Å². The minimum absolute atomic E-state index is 0.0827. The van der Waals surface area contributed by atoms with Crippen LogP contribution in [0.2, 0.25) is 0 Å². The number of benzene rings is 2. The van der Waals surface area contributed by atoms with Crippen LogP contribution in [0.5, 0.6) is 11.5 Å². The van der Waals surface area contributed by atoms with Gasteiger partial charge in [0.2, 0.25) is 0 Å². The minimum atomic E-state index is -0.707. The Morgan fingerprint density at radius 1 is 1.15 bits per heavy atom. The SMILES string of the molecule is COc1ccc(C2C(C#N)=C(N)N(NC(=O)c3ccc(C)cc3)C3=C2C(=O)CCC3)c(OC)c1. The van der Waals surface area contributed by atoms with E-state index in [4.69, 9.17) is 15.2 Å². The van der Waals surface area contributed by atoms with Crippen molar-refractivity contribution in [2.75, 3.05) is 14.2 Å². The molecule has 8 nitrogen and oxygen atoms in total. The van der Waals surface area contributed by atoms with Crippen LogP contribution in [0.25, 0.3) is 0 Å². The molecule has 8 heteroatoms. The van der Waals surface area contributed by atoms with E-state index in [1.54, 1.807) is 37.4 Å². The van der Waals surface area contributed by atoms with E-state index in [0.29, 0.717) is 53.2 Å². The van der Waals surface area contributed by atoms with Gasteiger partial charge in [-0.25, -0.2) is 5.01 Å². The van der Waals surface area contributed by atoms with Gasteiger partial charge < -0.3 is 15.2 Å². The van der Waals surface area contributed by atoms with Crippen molar-refractivity contribution in [1.82, 2.24) is 10.4 Å². The van der Waals surface area contributed by atoms with Crippen LogP contribution in [0.3, 0.4) is 0 Å². The molecule has 1 aliphatic heterocycles. The van der Waals surface area contributed by atoms with E-state index in [0.717, 1.165) is 5.56 Å². The summed E-state index contributed by atoms with van der Waals surface area (Å²) in [5, 5.41) is 11.5. The smallest absolute Gasteiger partial charge is 0.270 e. The van der Waals surface area contributed by atoms with Crippen molar-refractivity contribution >= 4 is 11.7 Å². The van der Waals surface area contributed by atoms with Crippen molar-refractivity contribution in [3.05, 3.63) is 81.8 Å². The first-order valence-electron chi connectivity index (χ1n) is 10.9. The average Bonchev–Trinajstić information content (AvgIpc) is 2.85. The molecule has 2 aromatic rings. The van der Waals surface area contributed by atoms with Crippen molar-refractivity contribution in [3.63, 3.8) is 0 Å². The highest BCUT2D eigenvalue weighted by Gasteiger charge is 2.41. The van der Waals surface area contributed by atoms with Gasteiger partial charge in [-0.3, -0.25) is 15.0 Å². The van der Waals surface area contributed by atoms with Gasteiger partial charge in [0.1, 0.15) is 17.3 Å². The number of methoxy groups -OCH3 is 2. The zero-order valence-electron chi connectivity index (χ0n) is 19.3. The Labute approximate surface area is 198 Å². The molecular formula is C26H26N4O4. The highest BCUT2D eigenvalue weighted by Crippen LogP contribution is 2.47. The molecule has 1 aliphatic carbocycles. The number of carbonyl (C=O) groups is 2. The first-order chi connectivity index (χ1) is 16.4. The predicted octanol–water partition coefficient (Wildman–Crippen LogP) is 3.46. The van der Waals surface area contributed by atoms with Crippen LogP contribution in [0.15, 0.2) is 65.1 Å². The lowest BCUT2D eigenvalue weighted by Gasteiger charge is -2.39. The van der Waals surface area contributed by atoms with Gasteiger partial charge in [-0.15, -0.1) is 0 Å². The molecule has 34 heavy (non-hydrogen) atoms. The number of hydrogen-bond acceptors (Lipinski definition) is 7. The molecule has 0 spiro atoms. The summed E-state index contributed by atoms with van der Waals surface area (Å²) in [4.78, 5) is 26.2. The zero-order valence-corrected chi connectivity index (χ0v) is 19.3. The third-order valence-corrected chi connectivity index (χ3v) is 6.19. The molecule has 1 heterocycles. The Balaban J connectivity index is 1.83. The van der Waals surface area contributed by atoms with Crippen molar-refractivity contribution < 1.29 is 19.1 Å². The second kappa shape index (κ2) is 9.32. The summed E-state index contributed by atoms with van der Waals surface area (Å²) < 4.78 is 10.9. The highest BCUT2D eigenvalue weighted by molar-refractivity contribution is 6.00. The lowest BCUT2D eigenvalue weighted by atomic mass is 9.75. The number of nitrogens with zero attached hydrogens (tertiary/aromatic N) is 2. The average molecular weight is 459 g/mol. The summed E-state index contributed by atoms with van der Waals surface area (Å²) in [7, 11) is 3.07. The number of amides is 1. The molecule has 2 aliphatic rings. The van der Waals surface area contributed by atoms with E-state index in [9.17, 15) is 14.9 Å². The molecule has 174 valence electrons. The van der Waals surface area contributed by atoms with Gasteiger partial charge in [0.25, 0.3) is 5.91 Å². The maximum absolute atomic E-state index is 13.2. The molecule has 1 unspecified atom stereocenters. The van der Waals surface area contributed by atoms with Crippen LogP contribution < -0.4 is 20.6 Å². The van der Waals surface area contributed by atoms with Crippen molar-refractivity contribution in [3.8, 4) is 17.6 Å². The maximum Gasteiger partial charge on any atom is 0.270 e. The second-order valence-corrected chi connectivity index (χ2v) is 8.23.